The van der Waals surface area contributed by atoms with E-state index in [0.29, 0.717) is 13.1 Å². The van der Waals surface area contributed by atoms with Gasteiger partial charge in [0.2, 0.25) is 0 Å². The number of para-hydroxylation sites is 1. The van der Waals surface area contributed by atoms with Crippen molar-refractivity contribution >= 4 is 22.5 Å². The normalized spacial score (nSPS) is 15.5. The molecule has 1 N–H and O–H groups in total. The van der Waals surface area contributed by atoms with Crippen molar-refractivity contribution < 1.29 is 5.11 Å². The van der Waals surface area contributed by atoms with Crippen LogP contribution in [-0.4, -0.2) is 25.6 Å². The van der Waals surface area contributed by atoms with Crippen LogP contribution in [0.2, 0.25) is 5.02 Å². The predicted octanol–water partition coefficient (Wildman–Crippen LogP) is 4.05. The lowest BCUT2D eigenvalue weighted by Gasteiger charge is -2.19. The summed E-state index contributed by atoms with van der Waals surface area (Å²) in [6.45, 7) is 5.05. The van der Waals surface area contributed by atoms with Gasteiger partial charge < -0.3 is 9.67 Å². The van der Waals surface area contributed by atoms with E-state index in [0.717, 1.165) is 34.8 Å². The maximum absolute atomic E-state index is 10.7. The van der Waals surface area contributed by atoms with Gasteiger partial charge in [0.15, 0.2) is 0 Å². The highest BCUT2D eigenvalue weighted by Crippen LogP contribution is 2.35. The molecule has 5 heteroatoms. The van der Waals surface area contributed by atoms with Crippen LogP contribution in [-0.2, 0) is 25.9 Å². The molecule has 1 aliphatic rings. The summed E-state index contributed by atoms with van der Waals surface area (Å²) in [4.78, 5) is 0. The lowest BCUT2D eigenvalue weighted by molar-refractivity contribution is 0.129. The Balaban J connectivity index is 1.70. The molecule has 2 heterocycles. The van der Waals surface area contributed by atoms with Crippen molar-refractivity contribution in [2.75, 3.05) is 0 Å². The lowest BCUT2D eigenvalue weighted by atomic mass is 9.95. The molecular formula is C20H24ClN3O. The molecule has 0 saturated heterocycles. The summed E-state index contributed by atoms with van der Waals surface area (Å²) in [6.07, 6.45) is 4.09. The van der Waals surface area contributed by atoms with Crippen LogP contribution in [0.5, 0.6) is 0 Å². The van der Waals surface area contributed by atoms with Crippen LogP contribution in [0.1, 0.15) is 35.5 Å². The molecule has 0 spiro atoms. The highest BCUT2D eigenvalue weighted by atomic mass is 35.5. The minimum atomic E-state index is -0.504. The second-order valence-corrected chi connectivity index (χ2v) is 7.55. The van der Waals surface area contributed by atoms with Crippen molar-refractivity contribution in [3.63, 3.8) is 0 Å². The molecule has 132 valence electrons. The molecule has 0 radical (unpaired) electrons. The van der Waals surface area contributed by atoms with E-state index >= 15 is 0 Å². The number of aliphatic hydroxyl groups is 1. The van der Waals surface area contributed by atoms with Crippen molar-refractivity contribution in [3.05, 3.63) is 51.9 Å². The van der Waals surface area contributed by atoms with Gasteiger partial charge in [0.1, 0.15) is 0 Å². The largest absolute Gasteiger partial charge is 0.389 e. The van der Waals surface area contributed by atoms with E-state index in [1.165, 1.54) is 29.5 Å². The van der Waals surface area contributed by atoms with E-state index in [9.17, 15) is 5.11 Å². The summed E-state index contributed by atoms with van der Waals surface area (Å²) in [6, 6.07) is 8.17. The van der Waals surface area contributed by atoms with E-state index in [4.69, 9.17) is 11.6 Å². The molecule has 1 aromatic carbocycles. The first-order valence-electron chi connectivity index (χ1n) is 9.02. The molecule has 1 atom stereocenters. The SMILES string of the molecule is Cc1cc(C)n(C[C@H](O)Cn2c3c(c4cccc(Cl)c42)CCCC3)n1. The number of halogens is 1. The van der Waals surface area contributed by atoms with Crippen LogP contribution in [0.15, 0.2) is 24.3 Å². The Morgan fingerprint density at radius 1 is 1.20 bits per heavy atom. The molecule has 0 saturated carbocycles. The topological polar surface area (TPSA) is 43.0 Å². The Kier molecular flexibility index (Phi) is 4.34. The zero-order chi connectivity index (χ0) is 17.6. The number of rotatable bonds is 4. The highest BCUT2D eigenvalue weighted by Gasteiger charge is 2.23. The molecule has 1 aliphatic carbocycles. The zero-order valence-corrected chi connectivity index (χ0v) is 15.6. The second-order valence-electron chi connectivity index (χ2n) is 7.14. The predicted molar refractivity (Wildman–Crippen MR) is 101 cm³/mol. The number of hydrogen-bond donors (Lipinski definition) is 1. The van der Waals surface area contributed by atoms with E-state index in [1.54, 1.807) is 0 Å². The van der Waals surface area contributed by atoms with Gasteiger partial charge in [0.05, 0.1) is 35.4 Å². The van der Waals surface area contributed by atoms with Gasteiger partial charge in [-0.25, -0.2) is 0 Å². The quantitative estimate of drug-likeness (QED) is 0.765. The van der Waals surface area contributed by atoms with Gasteiger partial charge in [-0.3, -0.25) is 4.68 Å². The third-order valence-electron chi connectivity index (χ3n) is 5.23. The molecule has 4 rings (SSSR count). The van der Waals surface area contributed by atoms with Gasteiger partial charge in [-0.2, -0.15) is 5.10 Å². The number of hydrogen-bond acceptors (Lipinski definition) is 2. The second kappa shape index (κ2) is 6.50. The number of aromatic nitrogens is 3. The van der Waals surface area contributed by atoms with Gasteiger partial charge in [0, 0.05) is 16.8 Å². The first-order chi connectivity index (χ1) is 12.0. The van der Waals surface area contributed by atoms with Crippen LogP contribution < -0.4 is 0 Å². The summed E-state index contributed by atoms with van der Waals surface area (Å²) in [5, 5.41) is 17.2. The molecule has 0 aliphatic heterocycles. The van der Waals surface area contributed by atoms with Crippen molar-refractivity contribution in [2.24, 2.45) is 0 Å². The average molecular weight is 358 g/mol. The molecule has 3 aromatic rings. The van der Waals surface area contributed by atoms with Crippen molar-refractivity contribution in [3.8, 4) is 0 Å². The lowest BCUT2D eigenvalue weighted by Crippen LogP contribution is -2.24. The van der Waals surface area contributed by atoms with E-state index < -0.39 is 6.10 Å². The molecule has 25 heavy (non-hydrogen) atoms. The number of benzene rings is 1. The monoisotopic (exact) mass is 357 g/mol. The Morgan fingerprint density at radius 3 is 2.76 bits per heavy atom. The third-order valence-corrected chi connectivity index (χ3v) is 5.53. The highest BCUT2D eigenvalue weighted by molar-refractivity contribution is 6.35. The molecule has 0 bridgehead atoms. The standard InChI is InChI=1S/C20H24ClN3O/c1-13-10-14(2)24(22-13)12-15(25)11-23-19-9-4-3-6-16(19)17-7-5-8-18(21)20(17)23/h5,7-8,10,15,25H,3-4,6,9,11-12H2,1-2H3/t15-/m1/s1. The van der Waals surface area contributed by atoms with Gasteiger partial charge in [-0.1, -0.05) is 23.7 Å². The number of fused-ring (bicyclic) bond motifs is 3. The summed E-state index contributed by atoms with van der Waals surface area (Å²) in [5.41, 5.74) is 5.90. The fourth-order valence-corrected chi connectivity index (χ4v) is 4.45. The minimum absolute atomic E-state index is 0.499. The number of aliphatic hydroxyl groups excluding tert-OH is 1. The van der Waals surface area contributed by atoms with Gasteiger partial charge in [0.25, 0.3) is 0 Å². The summed E-state index contributed by atoms with van der Waals surface area (Å²) in [5.74, 6) is 0. The Labute approximate surface area is 153 Å². The maximum atomic E-state index is 10.7. The van der Waals surface area contributed by atoms with Crippen LogP contribution in [0.4, 0.5) is 0 Å². The Bertz CT molecular complexity index is 925. The third kappa shape index (κ3) is 2.98. The summed E-state index contributed by atoms with van der Waals surface area (Å²) >= 11 is 6.53. The van der Waals surface area contributed by atoms with Crippen LogP contribution in [0.25, 0.3) is 10.9 Å². The molecule has 0 fully saturated rings. The number of nitrogens with zero attached hydrogens (tertiary/aromatic N) is 3. The van der Waals surface area contributed by atoms with E-state index in [-0.39, 0.29) is 0 Å². The molecular weight excluding hydrogens is 334 g/mol. The Hall–Kier alpha value is -1.78. The molecule has 0 unspecified atom stereocenters. The Morgan fingerprint density at radius 2 is 2.00 bits per heavy atom. The number of aryl methyl sites for hydroxylation is 3. The van der Waals surface area contributed by atoms with Crippen molar-refractivity contribution in [1.29, 1.82) is 0 Å². The van der Waals surface area contributed by atoms with Gasteiger partial charge in [-0.15, -0.1) is 0 Å². The smallest absolute Gasteiger partial charge is 0.0914 e. The minimum Gasteiger partial charge on any atom is -0.389 e. The van der Waals surface area contributed by atoms with Gasteiger partial charge >= 0.3 is 0 Å². The van der Waals surface area contributed by atoms with E-state index in [2.05, 4.69) is 15.7 Å². The first kappa shape index (κ1) is 16.7. The fraction of sp³-hybridized carbons (Fsp3) is 0.450. The average Bonchev–Trinajstić information content (AvgIpc) is 3.06. The maximum Gasteiger partial charge on any atom is 0.0914 e. The molecule has 0 amide bonds. The van der Waals surface area contributed by atoms with Crippen LogP contribution in [0.3, 0.4) is 0 Å². The summed E-state index contributed by atoms with van der Waals surface area (Å²) < 4.78 is 4.14. The van der Waals surface area contributed by atoms with Crippen molar-refractivity contribution in [2.45, 2.75) is 58.7 Å². The van der Waals surface area contributed by atoms with Crippen molar-refractivity contribution in [1.82, 2.24) is 14.3 Å². The zero-order valence-electron chi connectivity index (χ0n) is 14.8. The van der Waals surface area contributed by atoms with Crippen LogP contribution in [0, 0.1) is 13.8 Å². The molecule has 2 aromatic heterocycles. The summed E-state index contributed by atoms with van der Waals surface area (Å²) in [7, 11) is 0. The fourth-order valence-electron chi connectivity index (χ4n) is 4.17. The van der Waals surface area contributed by atoms with Gasteiger partial charge in [-0.05, 0) is 57.2 Å². The van der Waals surface area contributed by atoms with Crippen LogP contribution >= 0.6 is 11.6 Å². The first-order valence-corrected chi connectivity index (χ1v) is 9.40. The van der Waals surface area contributed by atoms with E-state index in [1.807, 2.05) is 36.7 Å². The molecule has 4 nitrogen and oxygen atoms in total.